The summed E-state index contributed by atoms with van der Waals surface area (Å²) in [6, 6.07) is 11.0. The van der Waals surface area contributed by atoms with Gasteiger partial charge in [-0.1, -0.05) is 24.6 Å². The van der Waals surface area contributed by atoms with E-state index in [1.165, 1.54) is 0 Å². The molecule has 0 fully saturated rings. The van der Waals surface area contributed by atoms with E-state index >= 15 is 0 Å². The van der Waals surface area contributed by atoms with E-state index in [0.29, 0.717) is 22.2 Å². The van der Waals surface area contributed by atoms with E-state index in [4.69, 9.17) is 21.6 Å². The number of halogens is 1. The Morgan fingerprint density at radius 3 is 2.79 bits per heavy atom. The van der Waals surface area contributed by atoms with Gasteiger partial charge in [-0.2, -0.15) is 5.26 Å². The molecule has 2 aromatic rings. The minimum absolute atomic E-state index is 0.381. The summed E-state index contributed by atoms with van der Waals surface area (Å²) >= 11 is 6.10. The Kier molecular flexibility index (Phi) is 4.03. The Balaban J connectivity index is 2.36. The predicted octanol–water partition coefficient (Wildman–Crippen LogP) is 4.27. The molecule has 0 aliphatic rings. The van der Waals surface area contributed by atoms with E-state index in [0.717, 1.165) is 17.7 Å². The highest BCUT2D eigenvalue weighted by Crippen LogP contribution is 2.30. The minimum atomic E-state index is 0.381. The van der Waals surface area contributed by atoms with Gasteiger partial charge >= 0.3 is 0 Å². The molecular formula is C15H13ClN2O. The molecule has 0 amide bonds. The van der Waals surface area contributed by atoms with Crippen LogP contribution in [0.1, 0.15) is 23.7 Å². The lowest BCUT2D eigenvalue weighted by Gasteiger charge is -2.09. The predicted molar refractivity (Wildman–Crippen MR) is 74.6 cm³/mol. The van der Waals surface area contributed by atoms with Crippen LogP contribution in [0.15, 0.2) is 30.3 Å². The van der Waals surface area contributed by atoms with Crippen LogP contribution in [0.5, 0.6) is 11.6 Å². The molecular weight excluding hydrogens is 260 g/mol. The van der Waals surface area contributed by atoms with Crippen LogP contribution in [-0.4, -0.2) is 4.98 Å². The van der Waals surface area contributed by atoms with E-state index in [1.54, 1.807) is 18.2 Å². The van der Waals surface area contributed by atoms with Gasteiger partial charge in [-0.15, -0.1) is 0 Å². The van der Waals surface area contributed by atoms with Crippen LogP contribution in [-0.2, 0) is 6.42 Å². The van der Waals surface area contributed by atoms with Gasteiger partial charge < -0.3 is 4.74 Å². The molecule has 0 N–H and O–H groups in total. The van der Waals surface area contributed by atoms with Crippen molar-refractivity contribution in [1.82, 2.24) is 4.98 Å². The van der Waals surface area contributed by atoms with Gasteiger partial charge in [0.1, 0.15) is 5.75 Å². The highest BCUT2D eigenvalue weighted by atomic mass is 35.5. The summed E-state index contributed by atoms with van der Waals surface area (Å²) in [7, 11) is 0. The molecule has 96 valence electrons. The van der Waals surface area contributed by atoms with Gasteiger partial charge in [0, 0.05) is 11.8 Å². The molecule has 0 atom stereocenters. The zero-order chi connectivity index (χ0) is 13.8. The molecule has 4 heteroatoms. The molecule has 0 aliphatic carbocycles. The molecule has 0 radical (unpaired) electrons. The third-order valence-electron chi connectivity index (χ3n) is 2.68. The smallest absolute Gasteiger partial charge is 0.220 e. The lowest BCUT2D eigenvalue weighted by atomic mass is 10.2. The zero-order valence-electron chi connectivity index (χ0n) is 10.8. The molecule has 0 saturated heterocycles. The molecule has 19 heavy (non-hydrogen) atoms. The summed E-state index contributed by atoms with van der Waals surface area (Å²) < 4.78 is 5.68. The van der Waals surface area contributed by atoms with Gasteiger partial charge in [0.15, 0.2) is 0 Å². The van der Waals surface area contributed by atoms with Crippen LogP contribution >= 0.6 is 11.6 Å². The molecule has 0 saturated carbocycles. The molecule has 1 heterocycles. The van der Waals surface area contributed by atoms with Crippen LogP contribution in [0, 0.1) is 18.3 Å². The van der Waals surface area contributed by atoms with E-state index < -0.39 is 0 Å². The van der Waals surface area contributed by atoms with Crippen molar-refractivity contribution >= 4 is 11.6 Å². The fourth-order valence-electron chi connectivity index (χ4n) is 1.71. The van der Waals surface area contributed by atoms with E-state index in [2.05, 4.69) is 18.0 Å². The second-order valence-corrected chi connectivity index (χ2v) is 4.57. The number of benzene rings is 1. The highest BCUT2D eigenvalue weighted by Gasteiger charge is 2.07. The fraction of sp³-hybridized carbons (Fsp3) is 0.200. The maximum absolute atomic E-state index is 8.93. The number of rotatable bonds is 3. The summed E-state index contributed by atoms with van der Waals surface area (Å²) in [4.78, 5) is 4.24. The number of aromatic nitrogens is 1. The first-order valence-electron chi connectivity index (χ1n) is 5.97. The summed E-state index contributed by atoms with van der Waals surface area (Å²) in [6.45, 7) is 3.88. The van der Waals surface area contributed by atoms with Gasteiger partial charge in [-0.25, -0.2) is 4.98 Å². The number of nitriles is 1. The normalized spacial score (nSPS) is 10.0. The first-order valence-corrected chi connectivity index (χ1v) is 6.35. The fourth-order valence-corrected chi connectivity index (χ4v) is 1.87. The second-order valence-electron chi connectivity index (χ2n) is 4.17. The van der Waals surface area contributed by atoms with E-state index in [1.807, 2.05) is 19.1 Å². The Hall–Kier alpha value is -2.05. The molecule has 1 aromatic heterocycles. The summed E-state index contributed by atoms with van der Waals surface area (Å²) in [6.07, 6.45) is 0.901. The first-order chi connectivity index (χ1) is 9.12. The van der Waals surface area contributed by atoms with Crippen LogP contribution in [0.2, 0.25) is 5.02 Å². The number of nitrogens with zero attached hydrogens (tertiary/aromatic N) is 2. The molecule has 1 aromatic carbocycles. The largest absolute Gasteiger partial charge is 0.437 e. The van der Waals surface area contributed by atoms with Crippen molar-refractivity contribution in [3.63, 3.8) is 0 Å². The van der Waals surface area contributed by atoms with Crippen molar-refractivity contribution in [3.8, 4) is 17.7 Å². The third kappa shape index (κ3) is 3.24. The molecule has 0 unspecified atom stereocenters. The monoisotopic (exact) mass is 272 g/mol. The van der Waals surface area contributed by atoms with Crippen molar-refractivity contribution in [2.24, 2.45) is 0 Å². The Morgan fingerprint density at radius 1 is 1.32 bits per heavy atom. The maximum atomic E-state index is 8.93. The summed E-state index contributed by atoms with van der Waals surface area (Å²) in [5.74, 6) is 0.940. The molecule has 0 spiro atoms. The maximum Gasteiger partial charge on any atom is 0.220 e. The van der Waals surface area contributed by atoms with Crippen molar-refractivity contribution in [3.05, 3.63) is 52.2 Å². The summed E-state index contributed by atoms with van der Waals surface area (Å²) in [5.41, 5.74) is 2.38. The Bertz CT molecular complexity index is 647. The Morgan fingerprint density at radius 2 is 2.11 bits per heavy atom. The van der Waals surface area contributed by atoms with Crippen LogP contribution in [0.25, 0.3) is 0 Å². The number of hydrogen-bond acceptors (Lipinski definition) is 3. The van der Waals surface area contributed by atoms with Crippen LogP contribution in [0.4, 0.5) is 0 Å². The van der Waals surface area contributed by atoms with E-state index in [-0.39, 0.29) is 0 Å². The molecule has 0 bridgehead atoms. The van der Waals surface area contributed by atoms with Gasteiger partial charge in [-0.05, 0) is 37.1 Å². The average molecular weight is 273 g/mol. The lowest BCUT2D eigenvalue weighted by Crippen LogP contribution is -1.93. The van der Waals surface area contributed by atoms with Gasteiger partial charge in [-0.3, -0.25) is 0 Å². The van der Waals surface area contributed by atoms with Crippen molar-refractivity contribution in [1.29, 1.82) is 5.26 Å². The van der Waals surface area contributed by atoms with Crippen LogP contribution in [0.3, 0.4) is 0 Å². The molecule has 3 nitrogen and oxygen atoms in total. The minimum Gasteiger partial charge on any atom is -0.437 e. The standard InChI is InChI=1S/C15H13ClN2O/c1-3-11-4-5-13(16)14(7-11)19-15-8-12(9-17)6-10(2)18-15/h4-8H,3H2,1-2H3. The quantitative estimate of drug-likeness (QED) is 0.838. The SMILES string of the molecule is CCc1ccc(Cl)c(Oc2cc(C#N)cc(C)n2)c1. The zero-order valence-corrected chi connectivity index (χ0v) is 11.5. The van der Waals surface area contributed by atoms with Gasteiger partial charge in [0.2, 0.25) is 5.88 Å². The first kappa shape index (κ1) is 13.4. The summed E-state index contributed by atoms with van der Waals surface area (Å²) in [5, 5.41) is 9.46. The third-order valence-corrected chi connectivity index (χ3v) is 2.99. The van der Waals surface area contributed by atoms with E-state index in [9.17, 15) is 0 Å². The second kappa shape index (κ2) is 5.73. The Labute approximate surface area is 117 Å². The number of ether oxygens (including phenoxy) is 1. The number of hydrogen-bond donors (Lipinski definition) is 0. The molecule has 0 aliphatic heterocycles. The number of aryl methyl sites for hydroxylation is 2. The number of pyridine rings is 1. The van der Waals surface area contributed by atoms with Crippen molar-refractivity contribution in [2.75, 3.05) is 0 Å². The lowest BCUT2D eigenvalue weighted by molar-refractivity contribution is 0.461. The molecule has 2 rings (SSSR count). The topological polar surface area (TPSA) is 45.9 Å². The van der Waals surface area contributed by atoms with Gasteiger partial charge in [0.05, 0.1) is 16.7 Å². The highest BCUT2D eigenvalue weighted by molar-refractivity contribution is 6.32. The van der Waals surface area contributed by atoms with Crippen LogP contribution < -0.4 is 4.74 Å². The van der Waals surface area contributed by atoms with Crippen molar-refractivity contribution in [2.45, 2.75) is 20.3 Å². The average Bonchev–Trinajstić information content (AvgIpc) is 2.40. The van der Waals surface area contributed by atoms with Gasteiger partial charge in [0.25, 0.3) is 0 Å². The van der Waals surface area contributed by atoms with Crippen molar-refractivity contribution < 1.29 is 4.74 Å².